The van der Waals surface area contributed by atoms with Gasteiger partial charge in [-0.3, -0.25) is 19.8 Å². The van der Waals surface area contributed by atoms with E-state index in [1.165, 1.54) is 4.90 Å². The van der Waals surface area contributed by atoms with Crippen LogP contribution in [0.3, 0.4) is 0 Å². The molecule has 2 N–H and O–H groups in total. The van der Waals surface area contributed by atoms with Gasteiger partial charge in [-0.05, 0) is 31.4 Å². The third-order valence-corrected chi connectivity index (χ3v) is 5.62. The zero-order chi connectivity index (χ0) is 19.7. The molecule has 2 heterocycles. The van der Waals surface area contributed by atoms with Gasteiger partial charge in [-0.1, -0.05) is 31.9 Å². The Kier molecular flexibility index (Phi) is 4.78. The van der Waals surface area contributed by atoms with E-state index in [9.17, 15) is 14.4 Å². The maximum absolute atomic E-state index is 12.7. The third kappa shape index (κ3) is 3.12. The van der Waals surface area contributed by atoms with E-state index in [2.05, 4.69) is 22.5 Å². The molecule has 0 bridgehead atoms. The number of imide groups is 1. The second-order valence-corrected chi connectivity index (χ2v) is 7.55. The van der Waals surface area contributed by atoms with Crippen LogP contribution in [-0.2, 0) is 16.1 Å². The van der Waals surface area contributed by atoms with E-state index in [1.807, 2.05) is 28.8 Å². The van der Waals surface area contributed by atoms with E-state index < -0.39 is 11.6 Å². The fraction of sp³-hybridized carbons (Fsp3) is 0.500. The Balaban J connectivity index is 1.43. The highest BCUT2D eigenvalue weighted by molar-refractivity contribution is 6.07. The summed E-state index contributed by atoms with van der Waals surface area (Å²) in [4.78, 5) is 43.1. The van der Waals surface area contributed by atoms with Gasteiger partial charge in [-0.2, -0.15) is 0 Å². The van der Waals surface area contributed by atoms with Crippen LogP contribution in [-0.4, -0.2) is 44.4 Å². The molecular weight excluding hydrogens is 358 g/mol. The fourth-order valence-corrected chi connectivity index (χ4v) is 4.22. The quantitative estimate of drug-likeness (QED) is 0.750. The molecule has 1 saturated heterocycles. The lowest BCUT2D eigenvalue weighted by molar-refractivity contribution is -0.131. The summed E-state index contributed by atoms with van der Waals surface area (Å²) in [7, 11) is 0. The molecule has 1 aliphatic heterocycles. The number of hydrogen-bond acceptors (Lipinski definition) is 4. The minimum Gasteiger partial charge on any atom is -0.323 e. The summed E-state index contributed by atoms with van der Waals surface area (Å²) in [6.45, 7) is 2.88. The molecule has 148 valence electrons. The van der Waals surface area contributed by atoms with Gasteiger partial charge in [-0.25, -0.2) is 9.78 Å². The lowest BCUT2D eigenvalue weighted by Gasteiger charge is -2.19. The molecule has 2 fully saturated rings. The van der Waals surface area contributed by atoms with E-state index in [0.717, 1.165) is 36.8 Å². The molecule has 4 amide bonds. The Morgan fingerprint density at radius 1 is 1.21 bits per heavy atom. The number of fused-ring (bicyclic) bond motifs is 1. The molecule has 4 rings (SSSR count). The Morgan fingerprint density at radius 3 is 2.71 bits per heavy atom. The molecule has 1 saturated carbocycles. The van der Waals surface area contributed by atoms with Crippen LogP contribution in [0.25, 0.3) is 11.0 Å². The molecular formula is C20H25N5O3. The summed E-state index contributed by atoms with van der Waals surface area (Å²) in [5, 5.41) is 5.68. The Labute approximate surface area is 163 Å². The number of para-hydroxylation sites is 2. The van der Waals surface area contributed by atoms with E-state index in [4.69, 9.17) is 0 Å². The Morgan fingerprint density at radius 2 is 1.96 bits per heavy atom. The first-order valence-electron chi connectivity index (χ1n) is 9.93. The van der Waals surface area contributed by atoms with Gasteiger partial charge in [0.05, 0.1) is 11.0 Å². The van der Waals surface area contributed by atoms with Gasteiger partial charge in [0.2, 0.25) is 11.9 Å². The Bertz CT molecular complexity index is 929. The lowest BCUT2D eigenvalue weighted by atomic mass is 9.98. The van der Waals surface area contributed by atoms with Gasteiger partial charge in [0.1, 0.15) is 5.54 Å². The van der Waals surface area contributed by atoms with Crippen molar-refractivity contribution in [3.8, 4) is 0 Å². The van der Waals surface area contributed by atoms with Gasteiger partial charge in [0.15, 0.2) is 0 Å². The first-order valence-corrected chi connectivity index (χ1v) is 9.93. The number of imidazole rings is 1. The van der Waals surface area contributed by atoms with E-state index >= 15 is 0 Å². The number of carbonyl (C=O) groups excluding carboxylic acids is 3. The predicted molar refractivity (Wildman–Crippen MR) is 105 cm³/mol. The molecule has 1 spiro atoms. The second kappa shape index (κ2) is 7.26. The minimum atomic E-state index is -0.733. The number of amides is 4. The molecule has 1 aromatic heterocycles. The number of anilines is 1. The predicted octanol–water partition coefficient (Wildman–Crippen LogP) is 2.64. The largest absolute Gasteiger partial charge is 0.325 e. The Hall–Kier alpha value is -2.90. The molecule has 2 aliphatic rings. The van der Waals surface area contributed by atoms with E-state index in [0.29, 0.717) is 18.8 Å². The van der Waals surface area contributed by atoms with Gasteiger partial charge < -0.3 is 9.88 Å². The second-order valence-electron chi connectivity index (χ2n) is 7.55. The summed E-state index contributed by atoms with van der Waals surface area (Å²) in [5.41, 5.74) is 1.06. The van der Waals surface area contributed by atoms with Crippen molar-refractivity contribution < 1.29 is 14.4 Å². The van der Waals surface area contributed by atoms with Crippen molar-refractivity contribution >= 4 is 34.8 Å². The van der Waals surface area contributed by atoms with Crippen molar-refractivity contribution in [2.24, 2.45) is 0 Å². The molecule has 0 unspecified atom stereocenters. The SMILES string of the molecule is CCCn1c(NC(=O)CCN2C(=O)NC3(CCCC3)C2=O)nc2ccccc21. The van der Waals surface area contributed by atoms with Gasteiger partial charge in [-0.15, -0.1) is 0 Å². The van der Waals surface area contributed by atoms with Crippen molar-refractivity contribution in [1.29, 1.82) is 0 Å². The number of nitrogens with one attached hydrogen (secondary N) is 2. The van der Waals surface area contributed by atoms with Crippen molar-refractivity contribution in [1.82, 2.24) is 19.8 Å². The van der Waals surface area contributed by atoms with Crippen molar-refractivity contribution in [2.75, 3.05) is 11.9 Å². The van der Waals surface area contributed by atoms with Crippen LogP contribution in [0.5, 0.6) is 0 Å². The van der Waals surface area contributed by atoms with Gasteiger partial charge in [0.25, 0.3) is 5.91 Å². The zero-order valence-corrected chi connectivity index (χ0v) is 16.0. The normalized spacial score (nSPS) is 18.2. The number of urea groups is 1. The monoisotopic (exact) mass is 383 g/mol. The average Bonchev–Trinajstić information content (AvgIpc) is 3.34. The molecule has 0 radical (unpaired) electrons. The average molecular weight is 383 g/mol. The standard InChI is InChI=1S/C20H25N5O3/c1-2-12-24-15-8-4-3-7-14(15)21-18(24)22-16(26)9-13-25-17(27)20(23-19(25)28)10-5-6-11-20/h3-4,7-8H,2,5-6,9-13H2,1H3,(H,23,28)(H,21,22,26). The highest BCUT2D eigenvalue weighted by Gasteiger charge is 2.52. The summed E-state index contributed by atoms with van der Waals surface area (Å²) in [6, 6.07) is 7.34. The van der Waals surface area contributed by atoms with Crippen LogP contribution >= 0.6 is 0 Å². The van der Waals surface area contributed by atoms with Crippen LogP contribution in [0.4, 0.5) is 10.7 Å². The number of hydrogen-bond donors (Lipinski definition) is 2. The third-order valence-electron chi connectivity index (χ3n) is 5.62. The minimum absolute atomic E-state index is 0.0462. The summed E-state index contributed by atoms with van der Waals surface area (Å²) >= 11 is 0. The zero-order valence-electron chi connectivity index (χ0n) is 16.0. The number of carbonyl (C=O) groups is 3. The first kappa shape index (κ1) is 18.5. The van der Waals surface area contributed by atoms with Crippen LogP contribution in [0.1, 0.15) is 45.4 Å². The van der Waals surface area contributed by atoms with Gasteiger partial charge in [0, 0.05) is 19.5 Å². The van der Waals surface area contributed by atoms with Crippen molar-refractivity contribution in [3.63, 3.8) is 0 Å². The molecule has 28 heavy (non-hydrogen) atoms. The topological polar surface area (TPSA) is 96.3 Å². The molecule has 8 heteroatoms. The lowest BCUT2D eigenvalue weighted by Crippen LogP contribution is -2.44. The first-order chi connectivity index (χ1) is 13.5. The molecule has 8 nitrogen and oxygen atoms in total. The highest BCUT2D eigenvalue weighted by atomic mass is 16.2. The number of aromatic nitrogens is 2. The number of nitrogens with zero attached hydrogens (tertiary/aromatic N) is 3. The van der Waals surface area contributed by atoms with E-state index in [-0.39, 0.29) is 24.8 Å². The molecule has 0 atom stereocenters. The van der Waals surface area contributed by atoms with Gasteiger partial charge >= 0.3 is 6.03 Å². The van der Waals surface area contributed by atoms with Crippen LogP contribution in [0.15, 0.2) is 24.3 Å². The molecule has 2 aromatic rings. The molecule has 1 aromatic carbocycles. The summed E-state index contributed by atoms with van der Waals surface area (Å²) < 4.78 is 1.98. The number of benzene rings is 1. The smallest absolute Gasteiger partial charge is 0.323 e. The molecule has 1 aliphatic carbocycles. The van der Waals surface area contributed by atoms with Crippen LogP contribution in [0.2, 0.25) is 0 Å². The number of rotatable bonds is 6. The van der Waals surface area contributed by atoms with Crippen molar-refractivity contribution in [3.05, 3.63) is 24.3 Å². The van der Waals surface area contributed by atoms with E-state index in [1.54, 1.807) is 0 Å². The maximum atomic E-state index is 12.7. The summed E-state index contributed by atoms with van der Waals surface area (Å²) in [6.07, 6.45) is 4.20. The van der Waals surface area contributed by atoms with Crippen molar-refractivity contribution in [2.45, 2.75) is 57.5 Å². The fourth-order valence-electron chi connectivity index (χ4n) is 4.22. The summed E-state index contributed by atoms with van der Waals surface area (Å²) in [5.74, 6) is 0.0409. The maximum Gasteiger partial charge on any atom is 0.325 e. The van der Waals surface area contributed by atoms with Crippen LogP contribution < -0.4 is 10.6 Å². The number of aryl methyl sites for hydroxylation is 1. The highest BCUT2D eigenvalue weighted by Crippen LogP contribution is 2.35. The van der Waals surface area contributed by atoms with Crippen LogP contribution in [0, 0.1) is 0 Å².